The summed E-state index contributed by atoms with van der Waals surface area (Å²) in [6.07, 6.45) is 6.09. The van der Waals surface area contributed by atoms with Gasteiger partial charge in [0.1, 0.15) is 17.0 Å². The first-order valence-corrected chi connectivity index (χ1v) is 9.65. The van der Waals surface area contributed by atoms with Crippen molar-refractivity contribution in [2.45, 2.75) is 12.5 Å². The van der Waals surface area contributed by atoms with Crippen LogP contribution in [0.3, 0.4) is 0 Å². The lowest BCUT2D eigenvalue weighted by molar-refractivity contribution is -0.127. The van der Waals surface area contributed by atoms with E-state index in [9.17, 15) is 9.59 Å². The molecule has 0 aromatic carbocycles. The van der Waals surface area contributed by atoms with Crippen LogP contribution in [-0.2, 0) is 9.53 Å². The highest BCUT2D eigenvalue weighted by Gasteiger charge is 2.45. The van der Waals surface area contributed by atoms with Crippen LogP contribution in [0.2, 0.25) is 0 Å². The molecule has 10 heteroatoms. The van der Waals surface area contributed by atoms with Gasteiger partial charge in [-0.05, 0) is 49.4 Å². The van der Waals surface area contributed by atoms with Crippen LogP contribution in [0.15, 0.2) is 60.9 Å². The van der Waals surface area contributed by atoms with Gasteiger partial charge in [-0.1, -0.05) is 6.07 Å². The Bertz CT molecular complexity index is 1430. The number of imidazole rings is 1. The van der Waals surface area contributed by atoms with Crippen molar-refractivity contribution in [3.8, 4) is 22.8 Å². The van der Waals surface area contributed by atoms with Gasteiger partial charge in [0.25, 0.3) is 5.91 Å². The van der Waals surface area contributed by atoms with Crippen LogP contribution in [0, 0.1) is 6.92 Å². The molecule has 158 valence electrons. The number of primary amides is 1. The second-order valence-electron chi connectivity index (χ2n) is 7.30. The number of amides is 1. The van der Waals surface area contributed by atoms with E-state index in [2.05, 4.69) is 15.0 Å². The third kappa shape index (κ3) is 3.23. The fourth-order valence-corrected chi connectivity index (χ4v) is 3.35. The van der Waals surface area contributed by atoms with Crippen molar-refractivity contribution >= 4 is 23.5 Å². The molecule has 0 saturated carbocycles. The Morgan fingerprint density at radius 1 is 1.06 bits per heavy atom. The summed E-state index contributed by atoms with van der Waals surface area (Å²) in [7, 11) is 0. The van der Waals surface area contributed by atoms with Crippen LogP contribution in [0.4, 0.5) is 5.95 Å². The van der Waals surface area contributed by atoms with E-state index < -0.39 is 17.5 Å². The second kappa shape index (κ2) is 6.98. The largest absolute Gasteiger partial charge is 0.437 e. The zero-order valence-corrected chi connectivity index (χ0v) is 16.9. The number of carbonyl (C=O) groups is 2. The van der Waals surface area contributed by atoms with Crippen LogP contribution in [0.1, 0.15) is 16.1 Å². The standard InChI is InChI=1S/C22H17N7O3/c1-12-3-2-4-14(26-12)17-18(15-5-9-25-21(24)27-15)29-10-6-13(11-16(29)28-17)19(30)32-22(7-8-22)20(23)31/h2-11H,1H3,(H2,23,31)(H2,24,25,27). The van der Waals surface area contributed by atoms with Crippen LogP contribution >= 0.6 is 0 Å². The molecule has 5 rings (SSSR count). The average Bonchev–Trinajstić information content (AvgIpc) is 3.45. The van der Waals surface area contributed by atoms with E-state index >= 15 is 0 Å². The molecule has 4 aromatic heterocycles. The van der Waals surface area contributed by atoms with Gasteiger partial charge < -0.3 is 16.2 Å². The summed E-state index contributed by atoms with van der Waals surface area (Å²) in [4.78, 5) is 41.7. The number of esters is 1. The lowest BCUT2D eigenvalue weighted by Gasteiger charge is -2.13. The Hall–Kier alpha value is -4.60. The number of fused-ring (bicyclic) bond motifs is 1. The number of nitrogens with zero attached hydrogens (tertiary/aromatic N) is 5. The first-order chi connectivity index (χ1) is 15.4. The normalized spacial score (nSPS) is 13.8. The lowest BCUT2D eigenvalue weighted by Crippen LogP contribution is -2.36. The van der Waals surface area contributed by atoms with E-state index in [0.717, 1.165) is 5.69 Å². The zero-order valence-electron chi connectivity index (χ0n) is 16.9. The SMILES string of the molecule is Cc1cccc(-c2nc3cc(C(=O)OC4(C(N)=O)C=C4)ccn3c2-c2ccnc(N)n2)n1. The van der Waals surface area contributed by atoms with Crippen molar-refractivity contribution in [1.29, 1.82) is 0 Å². The summed E-state index contributed by atoms with van der Waals surface area (Å²) >= 11 is 0. The molecule has 32 heavy (non-hydrogen) atoms. The van der Waals surface area contributed by atoms with Gasteiger partial charge in [-0.15, -0.1) is 0 Å². The van der Waals surface area contributed by atoms with Gasteiger partial charge in [0.05, 0.1) is 17.0 Å². The molecule has 4 aromatic rings. The number of ether oxygens (including phenoxy) is 1. The highest BCUT2D eigenvalue weighted by atomic mass is 16.6. The van der Waals surface area contributed by atoms with E-state index in [1.54, 1.807) is 35.0 Å². The monoisotopic (exact) mass is 427 g/mol. The van der Waals surface area contributed by atoms with Gasteiger partial charge in [0, 0.05) is 18.1 Å². The van der Waals surface area contributed by atoms with Crippen molar-refractivity contribution in [2.24, 2.45) is 5.73 Å². The van der Waals surface area contributed by atoms with Gasteiger partial charge >= 0.3 is 5.97 Å². The number of hydrogen-bond acceptors (Lipinski definition) is 8. The topological polar surface area (TPSA) is 151 Å². The maximum absolute atomic E-state index is 12.6. The molecule has 10 nitrogen and oxygen atoms in total. The number of aryl methyl sites for hydroxylation is 1. The predicted octanol–water partition coefficient (Wildman–Crippen LogP) is 1.69. The molecule has 0 atom stereocenters. The Balaban J connectivity index is 1.64. The van der Waals surface area contributed by atoms with Crippen LogP contribution in [-0.4, -0.2) is 41.8 Å². The van der Waals surface area contributed by atoms with E-state index in [1.807, 2.05) is 25.1 Å². The Kier molecular flexibility index (Phi) is 4.22. The first-order valence-electron chi connectivity index (χ1n) is 9.65. The zero-order chi connectivity index (χ0) is 22.5. The van der Waals surface area contributed by atoms with E-state index in [4.69, 9.17) is 21.2 Å². The third-order valence-corrected chi connectivity index (χ3v) is 5.03. The summed E-state index contributed by atoms with van der Waals surface area (Å²) in [5.74, 6) is -1.32. The van der Waals surface area contributed by atoms with Crippen molar-refractivity contribution in [3.05, 3.63) is 72.2 Å². The van der Waals surface area contributed by atoms with Crippen molar-refractivity contribution in [1.82, 2.24) is 24.3 Å². The predicted molar refractivity (Wildman–Crippen MR) is 115 cm³/mol. The number of nitrogen functional groups attached to an aromatic ring is 1. The number of carbonyl (C=O) groups excluding carboxylic acids is 2. The summed E-state index contributed by atoms with van der Waals surface area (Å²) < 4.78 is 7.05. The van der Waals surface area contributed by atoms with Crippen molar-refractivity contribution in [3.63, 3.8) is 0 Å². The van der Waals surface area contributed by atoms with Crippen molar-refractivity contribution in [2.75, 3.05) is 5.73 Å². The molecule has 0 fully saturated rings. The molecule has 0 unspecified atom stereocenters. The average molecular weight is 427 g/mol. The minimum absolute atomic E-state index is 0.120. The van der Waals surface area contributed by atoms with Crippen LogP contribution in [0.25, 0.3) is 28.4 Å². The molecule has 4 heterocycles. The van der Waals surface area contributed by atoms with Gasteiger partial charge in [0.2, 0.25) is 11.5 Å². The summed E-state index contributed by atoms with van der Waals surface area (Å²) in [6.45, 7) is 1.89. The number of pyridine rings is 2. The Morgan fingerprint density at radius 3 is 2.56 bits per heavy atom. The third-order valence-electron chi connectivity index (χ3n) is 5.03. The van der Waals surface area contributed by atoms with Crippen LogP contribution in [0.5, 0.6) is 0 Å². The quantitative estimate of drug-likeness (QED) is 0.361. The molecule has 4 N–H and O–H groups in total. The number of nitrogens with two attached hydrogens (primary N) is 2. The fraction of sp³-hybridized carbons (Fsp3) is 0.0909. The van der Waals surface area contributed by atoms with Crippen LogP contribution < -0.4 is 11.5 Å². The maximum atomic E-state index is 12.6. The lowest BCUT2D eigenvalue weighted by atomic mass is 10.1. The molecular weight excluding hydrogens is 410 g/mol. The van der Waals surface area contributed by atoms with Gasteiger partial charge in [-0.3, -0.25) is 14.2 Å². The van der Waals surface area contributed by atoms with Gasteiger partial charge in [-0.25, -0.2) is 19.7 Å². The molecule has 0 radical (unpaired) electrons. The first kappa shape index (κ1) is 19.4. The molecule has 0 aliphatic heterocycles. The van der Waals surface area contributed by atoms with E-state index in [1.165, 1.54) is 12.2 Å². The van der Waals surface area contributed by atoms with E-state index in [0.29, 0.717) is 28.4 Å². The summed E-state index contributed by atoms with van der Waals surface area (Å²) in [5.41, 5.74) is 13.6. The highest BCUT2D eigenvalue weighted by Crippen LogP contribution is 2.32. The number of hydrogen-bond donors (Lipinski definition) is 2. The summed E-state index contributed by atoms with van der Waals surface area (Å²) in [6, 6.07) is 10.5. The molecular formula is C22H17N7O3. The van der Waals surface area contributed by atoms with Crippen molar-refractivity contribution < 1.29 is 14.3 Å². The second-order valence-corrected chi connectivity index (χ2v) is 7.30. The molecule has 1 aliphatic carbocycles. The fourth-order valence-electron chi connectivity index (χ4n) is 3.35. The minimum atomic E-state index is -1.45. The maximum Gasteiger partial charge on any atom is 0.340 e. The van der Waals surface area contributed by atoms with Gasteiger partial charge in [0.15, 0.2) is 0 Å². The number of rotatable bonds is 5. The molecule has 0 saturated heterocycles. The van der Waals surface area contributed by atoms with E-state index in [-0.39, 0.29) is 11.5 Å². The minimum Gasteiger partial charge on any atom is -0.437 e. The Morgan fingerprint density at radius 2 is 1.88 bits per heavy atom. The molecule has 1 amide bonds. The highest BCUT2D eigenvalue weighted by molar-refractivity contribution is 5.99. The molecule has 0 bridgehead atoms. The smallest absolute Gasteiger partial charge is 0.340 e. The molecule has 0 spiro atoms. The number of anilines is 1. The number of aromatic nitrogens is 5. The molecule has 1 aliphatic rings. The summed E-state index contributed by atoms with van der Waals surface area (Å²) in [5, 5.41) is 0. The Labute approximate surface area is 181 Å². The van der Waals surface area contributed by atoms with Gasteiger partial charge in [-0.2, -0.15) is 0 Å².